The Morgan fingerprint density at radius 2 is 2.17 bits per heavy atom. The number of likely N-dealkylation sites (tertiary alicyclic amines) is 1. The fourth-order valence-corrected chi connectivity index (χ4v) is 3.59. The smallest absolute Gasteiger partial charge is 0.410 e. The molecule has 1 aliphatic carbocycles. The molecule has 1 heterocycles. The standard InChI is InChI=1S/C17H29N3O3/c1-17(2,3)23-16(22)20-7-6-14(19-11-21)10-15(20)9-12-4-5-13(18)8-12/h11-13,15H,4-10,18H2,1-3H3. The third-order valence-corrected chi connectivity index (χ3v) is 4.60. The van der Waals surface area contributed by atoms with Crippen molar-refractivity contribution in [3.8, 4) is 0 Å². The number of piperidine rings is 1. The Labute approximate surface area is 138 Å². The van der Waals surface area contributed by atoms with Gasteiger partial charge in [-0.2, -0.15) is 0 Å². The molecule has 23 heavy (non-hydrogen) atoms. The highest BCUT2D eigenvalue weighted by Crippen LogP contribution is 2.32. The van der Waals surface area contributed by atoms with Crippen molar-refractivity contribution in [3.63, 3.8) is 0 Å². The number of ether oxygens (including phenoxy) is 1. The van der Waals surface area contributed by atoms with E-state index in [1.165, 1.54) is 0 Å². The number of aliphatic imine (C=N–C) groups is 1. The van der Waals surface area contributed by atoms with Crippen molar-refractivity contribution in [2.45, 2.75) is 77.0 Å². The summed E-state index contributed by atoms with van der Waals surface area (Å²) in [6, 6.07) is 0.328. The molecule has 3 unspecified atom stereocenters. The fourth-order valence-electron chi connectivity index (χ4n) is 3.59. The summed E-state index contributed by atoms with van der Waals surface area (Å²) >= 11 is 0. The van der Waals surface area contributed by atoms with E-state index < -0.39 is 5.60 Å². The molecule has 2 amide bonds. The van der Waals surface area contributed by atoms with E-state index in [1.807, 2.05) is 25.7 Å². The van der Waals surface area contributed by atoms with Crippen LogP contribution >= 0.6 is 0 Å². The molecule has 0 radical (unpaired) electrons. The maximum Gasteiger partial charge on any atom is 0.410 e. The van der Waals surface area contributed by atoms with Gasteiger partial charge < -0.3 is 15.4 Å². The van der Waals surface area contributed by atoms with Crippen LogP contribution in [0.1, 0.15) is 59.3 Å². The summed E-state index contributed by atoms with van der Waals surface area (Å²) < 4.78 is 5.54. The number of nitrogens with zero attached hydrogens (tertiary/aromatic N) is 2. The molecule has 6 heteroatoms. The molecule has 0 aromatic rings. The summed E-state index contributed by atoms with van der Waals surface area (Å²) in [6.07, 6.45) is 5.71. The molecule has 3 atom stereocenters. The van der Waals surface area contributed by atoms with Crippen molar-refractivity contribution in [2.24, 2.45) is 16.6 Å². The number of nitrogens with two attached hydrogens (primary N) is 1. The van der Waals surface area contributed by atoms with Gasteiger partial charge in [0, 0.05) is 37.2 Å². The average molecular weight is 323 g/mol. The molecule has 1 saturated carbocycles. The maximum atomic E-state index is 12.5. The van der Waals surface area contributed by atoms with Gasteiger partial charge in [-0.3, -0.25) is 4.79 Å². The molecular weight excluding hydrogens is 294 g/mol. The zero-order valence-electron chi connectivity index (χ0n) is 14.5. The van der Waals surface area contributed by atoms with Gasteiger partial charge in [0.25, 0.3) is 0 Å². The molecule has 0 aromatic carbocycles. The zero-order chi connectivity index (χ0) is 17.0. The first-order valence-corrected chi connectivity index (χ1v) is 8.53. The van der Waals surface area contributed by atoms with Crippen LogP contribution in [0.5, 0.6) is 0 Å². The van der Waals surface area contributed by atoms with Crippen LogP contribution in [0.3, 0.4) is 0 Å². The number of hydrogen-bond acceptors (Lipinski definition) is 4. The Morgan fingerprint density at radius 3 is 2.74 bits per heavy atom. The second-order valence-electron chi connectivity index (χ2n) is 7.76. The van der Waals surface area contributed by atoms with Gasteiger partial charge in [-0.05, 0) is 52.4 Å². The first-order valence-electron chi connectivity index (χ1n) is 8.53. The van der Waals surface area contributed by atoms with Gasteiger partial charge >= 0.3 is 6.09 Å². The van der Waals surface area contributed by atoms with Gasteiger partial charge in [0.05, 0.1) is 0 Å². The van der Waals surface area contributed by atoms with E-state index in [2.05, 4.69) is 4.99 Å². The van der Waals surface area contributed by atoms with Crippen LogP contribution in [-0.2, 0) is 9.53 Å². The van der Waals surface area contributed by atoms with Gasteiger partial charge in [0.1, 0.15) is 5.60 Å². The number of amides is 2. The minimum atomic E-state index is -0.505. The second-order valence-corrected chi connectivity index (χ2v) is 7.76. The van der Waals surface area contributed by atoms with Gasteiger partial charge in [0.2, 0.25) is 6.41 Å². The SMILES string of the molecule is CC(C)(C)OC(=O)N1CCC(=NC=O)CC1CC1CCC(N)C1. The average Bonchev–Trinajstić information content (AvgIpc) is 2.82. The lowest BCUT2D eigenvalue weighted by Crippen LogP contribution is -2.49. The largest absolute Gasteiger partial charge is 0.444 e. The number of carbonyl (C=O) groups is 2. The molecule has 2 fully saturated rings. The molecular formula is C17H29N3O3. The van der Waals surface area contributed by atoms with Gasteiger partial charge in [-0.25, -0.2) is 9.79 Å². The fraction of sp³-hybridized carbons (Fsp3) is 0.824. The summed E-state index contributed by atoms with van der Waals surface area (Å²) in [5.74, 6) is 0.538. The van der Waals surface area contributed by atoms with E-state index in [-0.39, 0.29) is 18.2 Å². The number of carbonyl (C=O) groups excluding carboxylic acids is 2. The van der Waals surface area contributed by atoms with Gasteiger partial charge in [-0.15, -0.1) is 0 Å². The molecule has 2 aliphatic rings. The third kappa shape index (κ3) is 5.30. The van der Waals surface area contributed by atoms with Crippen LogP contribution in [0.2, 0.25) is 0 Å². The first-order chi connectivity index (χ1) is 10.8. The van der Waals surface area contributed by atoms with Crippen LogP contribution in [0.15, 0.2) is 4.99 Å². The number of hydrogen-bond donors (Lipinski definition) is 1. The lowest BCUT2D eigenvalue weighted by molar-refractivity contribution is -0.106. The van der Waals surface area contributed by atoms with E-state index in [0.717, 1.165) is 31.4 Å². The van der Waals surface area contributed by atoms with E-state index in [9.17, 15) is 9.59 Å². The topological polar surface area (TPSA) is 85.0 Å². The van der Waals surface area contributed by atoms with Gasteiger partial charge in [-0.1, -0.05) is 0 Å². The van der Waals surface area contributed by atoms with E-state index in [0.29, 0.717) is 31.7 Å². The highest BCUT2D eigenvalue weighted by atomic mass is 16.6. The monoisotopic (exact) mass is 323 g/mol. The predicted molar refractivity (Wildman–Crippen MR) is 89.4 cm³/mol. The maximum absolute atomic E-state index is 12.5. The normalized spacial score (nSPS) is 30.5. The molecule has 130 valence electrons. The molecule has 2 rings (SSSR count). The molecule has 1 aliphatic heterocycles. The van der Waals surface area contributed by atoms with Crippen molar-refractivity contribution >= 4 is 18.2 Å². The Kier molecular flexibility index (Phi) is 5.79. The van der Waals surface area contributed by atoms with Crippen LogP contribution in [0, 0.1) is 5.92 Å². The molecule has 0 spiro atoms. The highest BCUT2D eigenvalue weighted by Gasteiger charge is 2.35. The molecule has 1 saturated heterocycles. The Morgan fingerprint density at radius 1 is 1.43 bits per heavy atom. The Hall–Kier alpha value is -1.43. The second kappa shape index (κ2) is 7.43. The minimum Gasteiger partial charge on any atom is -0.444 e. The summed E-state index contributed by atoms with van der Waals surface area (Å²) in [7, 11) is 0. The van der Waals surface area contributed by atoms with Crippen molar-refractivity contribution < 1.29 is 14.3 Å². The van der Waals surface area contributed by atoms with Crippen LogP contribution in [0.25, 0.3) is 0 Å². The molecule has 0 aromatic heterocycles. The zero-order valence-corrected chi connectivity index (χ0v) is 14.5. The van der Waals surface area contributed by atoms with Crippen molar-refractivity contribution in [2.75, 3.05) is 6.54 Å². The summed E-state index contributed by atoms with van der Waals surface area (Å²) in [4.78, 5) is 28.9. The van der Waals surface area contributed by atoms with E-state index >= 15 is 0 Å². The van der Waals surface area contributed by atoms with Crippen molar-refractivity contribution in [1.82, 2.24) is 4.90 Å². The first kappa shape index (κ1) is 17.9. The lowest BCUT2D eigenvalue weighted by Gasteiger charge is -2.38. The summed E-state index contributed by atoms with van der Waals surface area (Å²) in [5, 5.41) is 0. The Bertz CT molecular complexity index is 470. The molecule has 2 N–H and O–H groups in total. The molecule has 0 bridgehead atoms. The molecule has 6 nitrogen and oxygen atoms in total. The summed E-state index contributed by atoms with van der Waals surface area (Å²) in [6.45, 7) is 6.18. The van der Waals surface area contributed by atoms with Crippen LogP contribution in [-0.4, -0.2) is 47.3 Å². The lowest BCUT2D eigenvalue weighted by atomic mass is 9.90. The summed E-state index contributed by atoms with van der Waals surface area (Å²) in [5.41, 5.74) is 6.38. The van der Waals surface area contributed by atoms with E-state index in [1.54, 1.807) is 0 Å². The van der Waals surface area contributed by atoms with Gasteiger partial charge in [0.15, 0.2) is 0 Å². The van der Waals surface area contributed by atoms with Crippen molar-refractivity contribution in [3.05, 3.63) is 0 Å². The number of rotatable bonds is 3. The highest BCUT2D eigenvalue weighted by molar-refractivity contribution is 5.91. The quantitative estimate of drug-likeness (QED) is 0.809. The van der Waals surface area contributed by atoms with Crippen LogP contribution < -0.4 is 5.73 Å². The minimum absolute atomic E-state index is 0.0487. The third-order valence-electron chi connectivity index (χ3n) is 4.60. The predicted octanol–water partition coefficient (Wildman–Crippen LogP) is 2.50. The van der Waals surface area contributed by atoms with Crippen LogP contribution in [0.4, 0.5) is 4.79 Å². The van der Waals surface area contributed by atoms with Crippen molar-refractivity contribution in [1.29, 1.82) is 0 Å². The van der Waals surface area contributed by atoms with E-state index in [4.69, 9.17) is 10.5 Å². The Balaban J connectivity index is 2.06.